The third-order valence-corrected chi connectivity index (χ3v) is 5.23. The lowest BCUT2D eigenvalue weighted by atomic mass is 10.0. The van der Waals surface area contributed by atoms with E-state index < -0.39 is 0 Å². The molecule has 4 heteroatoms. The zero-order chi connectivity index (χ0) is 16.5. The molecule has 4 rings (SSSR count). The Morgan fingerprint density at radius 2 is 1.79 bits per heavy atom. The predicted octanol–water partition coefficient (Wildman–Crippen LogP) is 5.55. The van der Waals surface area contributed by atoms with Crippen LogP contribution in [0.2, 0.25) is 0 Å². The number of aryl methyl sites for hydroxylation is 1. The molecule has 0 radical (unpaired) electrons. The molecule has 120 valence electrons. The molecule has 0 unspecified atom stereocenters. The quantitative estimate of drug-likeness (QED) is 0.612. The van der Waals surface area contributed by atoms with Crippen LogP contribution in [0.25, 0.3) is 0 Å². The molecule has 2 nitrogen and oxygen atoms in total. The summed E-state index contributed by atoms with van der Waals surface area (Å²) < 4.78 is 13.3. The van der Waals surface area contributed by atoms with Gasteiger partial charge in [-0.05, 0) is 48.2 Å². The number of hydrogen-bond acceptors (Lipinski definition) is 3. The summed E-state index contributed by atoms with van der Waals surface area (Å²) in [4.78, 5) is 1.27. The summed E-state index contributed by atoms with van der Waals surface area (Å²) in [6.45, 7) is 2.08. The van der Waals surface area contributed by atoms with Gasteiger partial charge in [-0.3, -0.25) is 5.01 Å². The monoisotopic (exact) mass is 336 g/mol. The van der Waals surface area contributed by atoms with E-state index in [1.165, 1.54) is 22.6 Å². The molecule has 2 aromatic carbocycles. The van der Waals surface area contributed by atoms with E-state index in [2.05, 4.69) is 48.7 Å². The molecule has 24 heavy (non-hydrogen) atoms. The topological polar surface area (TPSA) is 15.6 Å². The van der Waals surface area contributed by atoms with Crippen molar-refractivity contribution in [3.63, 3.8) is 0 Å². The zero-order valence-electron chi connectivity index (χ0n) is 13.3. The highest BCUT2D eigenvalue weighted by atomic mass is 32.1. The molecule has 0 fully saturated rings. The fourth-order valence-electron chi connectivity index (χ4n) is 2.97. The van der Waals surface area contributed by atoms with Crippen molar-refractivity contribution in [1.29, 1.82) is 0 Å². The molecule has 2 heterocycles. The molecular weight excluding hydrogens is 319 g/mol. The normalized spacial score (nSPS) is 17.2. The first-order valence-corrected chi connectivity index (χ1v) is 8.81. The van der Waals surface area contributed by atoms with Crippen LogP contribution in [-0.4, -0.2) is 5.71 Å². The minimum absolute atomic E-state index is 0.159. The summed E-state index contributed by atoms with van der Waals surface area (Å²) in [6.07, 6.45) is 0.848. The largest absolute Gasteiger partial charge is 0.257 e. The minimum Gasteiger partial charge on any atom is -0.257 e. The average Bonchev–Trinajstić information content (AvgIpc) is 3.25. The lowest BCUT2D eigenvalue weighted by Crippen LogP contribution is -2.17. The van der Waals surface area contributed by atoms with Crippen molar-refractivity contribution in [2.45, 2.75) is 19.4 Å². The van der Waals surface area contributed by atoms with Crippen LogP contribution in [0.5, 0.6) is 0 Å². The molecule has 0 saturated heterocycles. The number of hydrazone groups is 1. The van der Waals surface area contributed by atoms with Crippen LogP contribution in [0.3, 0.4) is 0 Å². The Labute approximate surface area is 144 Å². The van der Waals surface area contributed by atoms with Crippen molar-refractivity contribution < 1.29 is 4.39 Å². The van der Waals surface area contributed by atoms with Gasteiger partial charge in [0.05, 0.1) is 17.4 Å². The molecule has 0 aliphatic carbocycles. The second kappa shape index (κ2) is 6.21. The van der Waals surface area contributed by atoms with Gasteiger partial charge in [-0.25, -0.2) is 4.39 Å². The first-order valence-electron chi connectivity index (χ1n) is 7.93. The molecular formula is C20H17FN2S. The molecule has 3 aromatic rings. The van der Waals surface area contributed by atoms with Crippen LogP contribution in [0.15, 0.2) is 71.1 Å². The summed E-state index contributed by atoms with van der Waals surface area (Å²) in [5.74, 6) is -0.228. The maximum Gasteiger partial charge on any atom is 0.123 e. The molecule has 0 amide bonds. The number of thiophene rings is 1. The van der Waals surface area contributed by atoms with E-state index in [4.69, 9.17) is 5.10 Å². The SMILES string of the molecule is Cc1ccc(C2=NN(c3ccc(F)cc3)[C@H](c3cccs3)C2)cc1. The van der Waals surface area contributed by atoms with Crippen LogP contribution in [-0.2, 0) is 0 Å². The van der Waals surface area contributed by atoms with E-state index in [0.29, 0.717) is 0 Å². The molecule has 1 aliphatic rings. The Kier molecular flexibility index (Phi) is 3.90. The lowest BCUT2D eigenvalue weighted by molar-refractivity contribution is 0.626. The van der Waals surface area contributed by atoms with Gasteiger partial charge in [-0.2, -0.15) is 5.10 Å². The standard InChI is InChI=1S/C20H17FN2S/c1-14-4-6-15(7-5-14)18-13-19(20-3-2-12-24-20)23(22-18)17-10-8-16(21)9-11-17/h2-12,19H,13H2,1H3/t19-/m0/s1. The maximum absolute atomic E-state index is 13.3. The van der Waals surface area contributed by atoms with Crippen molar-refractivity contribution in [3.05, 3.63) is 87.9 Å². The zero-order valence-corrected chi connectivity index (χ0v) is 14.1. The van der Waals surface area contributed by atoms with Crippen molar-refractivity contribution >= 4 is 22.7 Å². The summed E-state index contributed by atoms with van der Waals surface area (Å²) in [7, 11) is 0. The fraction of sp³-hybridized carbons (Fsp3) is 0.150. The van der Waals surface area contributed by atoms with E-state index in [0.717, 1.165) is 23.4 Å². The van der Waals surface area contributed by atoms with E-state index in [9.17, 15) is 4.39 Å². The molecule has 0 N–H and O–H groups in total. The first kappa shape index (κ1) is 15.1. The van der Waals surface area contributed by atoms with Gasteiger partial charge >= 0.3 is 0 Å². The number of halogens is 1. The maximum atomic E-state index is 13.3. The van der Waals surface area contributed by atoms with Gasteiger partial charge in [-0.1, -0.05) is 35.9 Å². The Bertz CT molecular complexity index is 852. The summed E-state index contributed by atoms with van der Waals surface area (Å²) >= 11 is 1.73. The molecule has 1 aliphatic heterocycles. The Hall–Kier alpha value is -2.46. The average molecular weight is 336 g/mol. The van der Waals surface area contributed by atoms with Gasteiger partial charge in [0.15, 0.2) is 0 Å². The smallest absolute Gasteiger partial charge is 0.123 e. The highest BCUT2D eigenvalue weighted by Gasteiger charge is 2.30. The second-order valence-corrected chi connectivity index (χ2v) is 6.95. The molecule has 0 bridgehead atoms. The number of rotatable bonds is 3. The third-order valence-electron chi connectivity index (χ3n) is 4.26. The van der Waals surface area contributed by atoms with E-state index >= 15 is 0 Å². The molecule has 0 spiro atoms. The number of benzene rings is 2. The minimum atomic E-state index is -0.228. The van der Waals surface area contributed by atoms with Crippen molar-refractivity contribution in [1.82, 2.24) is 0 Å². The highest BCUT2D eigenvalue weighted by molar-refractivity contribution is 7.10. The third kappa shape index (κ3) is 2.85. The fourth-order valence-corrected chi connectivity index (χ4v) is 3.78. The van der Waals surface area contributed by atoms with E-state index in [1.54, 1.807) is 23.5 Å². The van der Waals surface area contributed by atoms with Crippen molar-refractivity contribution in [2.75, 3.05) is 5.01 Å². The Morgan fingerprint density at radius 1 is 1.04 bits per heavy atom. The van der Waals surface area contributed by atoms with E-state index in [1.807, 2.05) is 5.01 Å². The first-order chi connectivity index (χ1) is 11.7. The van der Waals surface area contributed by atoms with Crippen LogP contribution in [0, 0.1) is 12.7 Å². The Morgan fingerprint density at radius 3 is 2.46 bits per heavy atom. The molecule has 1 atom stereocenters. The van der Waals surface area contributed by atoms with Crippen LogP contribution >= 0.6 is 11.3 Å². The molecule has 0 saturated carbocycles. The molecule has 1 aromatic heterocycles. The Balaban J connectivity index is 1.73. The number of nitrogens with zero attached hydrogens (tertiary/aromatic N) is 2. The highest BCUT2D eigenvalue weighted by Crippen LogP contribution is 2.38. The van der Waals surface area contributed by atoms with Gasteiger partial charge in [0, 0.05) is 11.3 Å². The van der Waals surface area contributed by atoms with Crippen molar-refractivity contribution in [3.8, 4) is 0 Å². The summed E-state index contributed by atoms with van der Waals surface area (Å²) in [6, 6.07) is 19.4. The second-order valence-electron chi connectivity index (χ2n) is 5.97. The van der Waals surface area contributed by atoms with Gasteiger partial charge in [-0.15, -0.1) is 11.3 Å². The number of hydrogen-bond donors (Lipinski definition) is 0. The van der Waals surface area contributed by atoms with E-state index in [-0.39, 0.29) is 11.9 Å². The van der Waals surface area contributed by atoms with Crippen molar-refractivity contribution in [2.24, 2.45) is 5.10 Å². The van der Waals surface area contributed by atoms with Gasteiger partial charge in [0.2, 0.25) is 0 Å². The number of anilines is 1. The van der Waals surface area contributed by atoms with Crippen LogP contribution in [0.4, 0.5) is 10.1 Å². The van der Waals surface area contributed by atoms with Crippen LogP contribution in [0.1, 0.15) is 28.5 Å². The van der Waals surface area contributed by atoms with Gasteiger partial charge < -0.3 is 0 Å². The lowest BCUT2D eigenvalue weighted by Gasteiger charge is -2.22. The van der Waals surface area contributed by atoms with Gasteiger partial charge in [0.25, 0.3) is 0 Å². The van der Waals surface area contributed by atoms with Gasteiger partial charge in [0.1, 0.15) is 5.82 Å². The summed E-state index contributed by atoms with van der Waals surface area (Å²) in [5, 5.41) is 8.96. The predicted molar refractivity (Wildman–Crippen MR) is 98.3 cm³/mol. The van der Waals surface area contributed by atoms with Crippen LogP contribution < -0.4 is 5.01 Å². The summed E-state index contributed by atoms with van der Waals surface area (Å²) in [5.41, 5.74) is 4.36.